The molecule has 0 saturated heterocycles. The number of carbonyl (C=O) groups excluding carboxylic acids is 4. The molecule has 11 nitrogen and oxygen atoms in total. The average molecular weight is 722 g/mol. The van der Waals surface area contributed by atoms with E-state index in [-0.39, 0.29) is 58.3 Å². The minimum atomic E-state index is -4.52. The predicted octanol–water partition coefficient (Wildman–Crippen LogP) is 7.15. The molecule has 0 fully saturated rings. The first-order chi connectivity index (χ1) is 24.7. The van der Waals surface area contributed by atoms with Crippen LogP contribution in [0.5, 0.6) is 17.2 Å². The Kier molecular flexibility index (Phi) is 12.6. The first kappa shape index (κ1) is 38.9. The maximum atomic E-state index is 13.6. The molecule has 0 spiro atoms. The number of pyridine rings is 1. The molecule has 0 aliphatic rings. The molecule has 3 aromatic carbocycles. The third-order valence-electron chi connectivity index (χ3n) is 7.77. The van der Waals surface area contributed by atoms with E-state index in [1.54, 1.807) is 52.2 Å². The topological polar surface area (TPSA) is 133 Å². The van der Waals surface area contributed by atoms with E-state index >= 15 is 0 Å². The lowest BCUT2D eigenvalue weighted by Gasteiger charge is -2.17. The maximum Gasteiger partial charge on any atom is 0.416 e. The summed E-state index contributed by atoms with van der Waals surface area (Å²) < 4.78 is 60.7. The molecule has 52 heavy (non-hydrogen) atoms. The number of ether oxygens (including phenoxy) is 4. The number of benzene rings is 3. The van der Waals surface area contributed by atoms with E-state index in [0.29, 0.717) is 29.7 Å². The van der Waals surface area contributed by atoms with E-state index in [1.807, 2.05) is 0 Å². The number of amides is 2. The van der Waals surface area contributed by atoms with Crippen molar-refractivity contribution in [2.45, 2.75) is 39.3 Å². The first-order valence-electron chi connectivity index (χ1n) is 16.1. The van der Waals surface area contributed by atoms with E-state index in [2.05, 4.69) is 10.3 Å². The predicted molar refractivity (Wildman–Crippen MR) is 186 cm³/mol. The number of rotatable bonds is 13. The Morgan fingerprint density at radius 3 is 2.10 bits per heavy atom. The second kappa shape index (κ2) is 16.9. The van der Waals surface area contributed by atoms with Crippen LogP contribution in [0.3, 0.4) is 0 Å². The summed E-state index contributed by atoms with van der Waals surface area (Å²) in [5.41, 5.74) is 1.56. The van der Waals surface area contributed by atoms with Gasteiger partial charge >= 0.3 is 18.1 Å². The Balaban J connectivity index is 1.51. The third-order valence-corrected chi connectivity index (χ3v) is 7.77. The summed E-state index contributed by atoms with van der Waals surface area (Å²) in [5.74, 6) is -1.98. The molecule has 274 valence electrons. The molecule has 0 bridgehead atoms. The molecule has 2 amide bonds. The van der Waals surface area contributed by atoms with E-state index in [4.69, 9.17) is 18.9 Å². The van der Waals surface area contributed by atoms with Crippen LogP contribution in [0.1, 0.15) is 67.7 Å². The number of nitrogens with one attached hydrogen (secondary N) is 1. The zero-order valence-corrected chi connectivity index (χ0v) is 29.5. The van der Waals surface area contributed by atoms with Crippen LogP contribution in [0.25, 0.3) is 11.3 Å². The summed E-state index contributed by atoms with van der Waals surface area (Å²) in [7, 11) is 5.83. The van der Waals surface area contributed by atoms with Crippen LogP contribution in [-0.2, 0) is 22.1 Å². The third kappa shape index (κ3) is 9.44. The summed E-state index contributed by atoms with van der Waals surface area (Å²) in [5, 5.41) is 2.76. The smallest absolute Gasteiger partial charge is 0.416 e. The number of carbonyl (C=O) groups is 4. The monoisotopic (exact) mass is 721 g/mol. The second-order valence-corrected chi connectivity index (χ2v) is 11.7. The zero-order chi connectivity index (χ0) is 38.2. The number of aryl methyl sites for hydroxylation is 2. The van der Waals surface area contributed by atoms with Gasteiger partial charge in [-0.3, -0.25) is 19.4 Å². The van der Waals surface area contributed by atoms with Crippen molar-refractivity contribution < 1.29 is 51.3 Å². The Morgan fingerprint density at radius 2 is 1.52 bits per heavy atom. The molecule has 0 radical (unpaired) electrons. The van der Waals surface area contributed by atoms with Gasteiger partial charge in [0.2, 0.25) is 5.75 Å². The van der Waals surface area contributed by atoms with Crippen molar-refractivity contribution >= 4 is 29.4 Å². The van der Waals surface area contributed by atoms with Crippen LogP contribution >= 0.6 is 0 Å². The fourth-order valence-electron chi connectivity index (χ4n) is 5.15. The Morgan fingerprint density at radius 1 is 0.865 bits per heavy atom. The number of alkyl halides is 3. The van der Waals surface area contributed by atoms with Crippen LogP contribution in [0, 0.1) is 6.92 Å². The van der Waals surface area contributed by atoms with Crippen LogP contribution in [0.15, 0.2) is 66.7 Å². The summed E-state index contributed by atoms with van der Waals surface area (Å²) in [6.45, 7) is 3.54. The van der Waals surface area contributed by atoms with Crippen LogP contribution in [0.2, 0.25) is 0 Å². The van der Waals surface area contributed by atoms with Crippen molar-refractivity contribution in [3.8, 4) is 28.5 Å². The summed E-state index contributed by atoms with van der Waals surface area (Å²) in [6, 6.07) is 15.1. The van der Waals surface area contributed by atoms with Gasteiger partial charge in [-0.25, -0.2) is 4.79 Å². The summed E-state index contributed by atoms with van der Waals surface area (Å²) in [4.78, 5) is 57.7. The lowest BCUT2D eigenvalue weighted by molar-refractivity contribution is -0.137. The molecule has 0 aliphatic carbocycles. The van der Waals surface area contributed by atoms with Gasteiger partial charge in [-0.05, 0) is 80.8 Å². The Labute approximate surface area is 298 Å². The molecular formula is C38H38F3N3O8. The first-order valence-corrected chi connectivity index (χ1v) is 16.1. The van der Waals surface area contributed by atoms with Gasteiger partial charge in [-0.2, -0.15) is 13.2 Å². The largest absolute Gasteiger partial charge is 0.493 e. The van der Waals surface area contributed by atoms with Gasteiger partial charge in [0.1, 0.15) is 0 Å². The molecular weight excluding hydrogens is 683 g/mol. The number of halogens is 3. The number of hydrogen-bond acceptors (Lipinski definition) is 9. The van der Waals surface area contributed by atoms with Gasteiger partial charge in [0.15, 0.2) is 11.5 Å². The van der Waals surface area contributed by atoms with Gasteiger partial charge in [0, 0.05) is 31.8 Å². The van der Waals surface area contributed by atoms with Gasteiger partial charge < -0.3 is 29.2 Å². The van der Waals surface area contributed by atoms with E-state index in [1.165, 1.54) is 49.5 Å². The zero-order valence-electron chi connectivity index (χ0n) is 29.5. The fourth-order valence-corrected chi connectivity index (χ4v) is 5.15. The highest BCUT2D eigenvalue weighted by Crippen LogP contribution is 2.39. The average Bonchev–Trinajstić information content (AvgIpc) is 3.11. The standard InChI is InChI=1S/C38H38F3N3O8/c1-7-51-37(48)25-20-30(49-5)34(31(21-25)50-6)52-32(45)10-8-9-23-12-18-29(28(19-23)36(47)44(3)4)43-35(46)27-17-11-22(2)42-33(27)24-13-15-26(16-14-24)38(39,40)41/h11-21H,7-10H2,1-6H3,(H,43,46). The molecule has 0 atom stereocenters. The van der Waals surface area contributed by atoms with Crippen molar-refractivity contribution in [1.82, 2.24) is 9.88 Å². The second-order valence-electron chi connectivity index (χ2n) is 11.7. The number of aromatic nitrogens is 1. The number of hydrogen-bond donors (Lipinski definition) is 1. The summed E-state index contributed by atoms with van der Waals surface area (Å²) in [6.07, 6.45) is -3.84. The van der Waals surface area contributed by atoms with Crippen LogP contribution in [-0.4, -0.2) is 68.6 Å². The van der Waals surface area contributed by atoms with E-state index < -0.39 is 35.5 Å². The molecule has 1 heterocycles. The van der Waals surface area contributed by atoms with E-state index in [9.17, 15) is 32.3 Å². The van der Waals surface area contributed by atoms with Crippen molar-refractivity contribution in [3.05, 3.63) is 100 Å². The van der Waals surface area contributed by atoms with Crippen LogP contribution in [0.4, 0.5) is 18.9 Å². The quantitative estimate of drug-likeness (QED) is 0.113. The van der Waals surface area contributed by atoms with Gasteiger partial charge in [-0.15, -0.1) is 0 Å². The van der Waals surface area contributed by atoms with Crippen molar-refractivity contribution in [2.75, 3.05) is 40.2 Å². The highest BCUT2D eigenvalue weighted by Gasteiger charge is 2.30. The number of esters is 2. The Hall–Kier alpha value is -5.92. The van der Waals surface area contributed by atoms with Crippen molar-refractivity contribution in [2.24, 2.45) is 0 Å². The highest BCUT2D eigenvalue weighted by molar-refractivity contribution is 6.11. The van der Waals surface area contributed by atoms with E-state index in [0.717, 1.165) is 12.1 Å². The lowest BCUT2D eigenvalue weighted by Crippen LogP contribution is -2.24. The fraction of sp³-hybridized carbons (Fsp3) is 0.289. The SMILES string of the molecule is CCOC(=O)c1cc(OC)c(OC(=O)CCCc2ccc(NC(=O)c3ccc(C)nc3-c3ccc(C(F)(F)F)cc3)c(C(=O)N(C)C)c2)c(OC)c1. The van der Waals surface area contributed by atoms with Crippen molar-refractivity contribution in [3.63, 3.8) is 0 Å². The molecule has 4 rings (SSSR count). The molecule has 1 aromatic heterocycles. The number of anilines is 1. The minimum absolute atomic E-state index is 0.00673. The van der Waals surface area contributed by atoms with Gasteiger partial charge in [0.25, 0.3) is 11.8 Å². The maximum absolute atomic E-state index is 13.6. The Bertz CT molecular complexity index is 1940. The van der Waals surface area contributed by atoms with Crippen LogP contribution < -0.4 is 19.5 Å². The highest BCUT2D eigenvalue weighted by atomic mass is 19.4. The minimum Gasteiger partial charge on any atom is -0.493 e. The normalized spacial score (nSPS) is 11.0. The lowest BCUT2D eigenvalue weighted by atomic mass is 10.0. The molecule has 0 saturated carbocycles. The number of nitrogens with zero attached hydrogens (tertiary/aromatic N) is 2. The molecule has 4 aromatic rings. The van der Waals surface area contributed by atoms with Crippen molar-refractivity contribution in [1.29, 1.82) is 0 Å². The number of methoxy groups -OCH3 is 2. The molecule has 1 N–H and O–H groups in total. The molecule has 0 unspecified atom stereocenters. The molecule has 14 heteroatoms. The van der Waals surface area contributed by atoms with Gasteiger partial charge in [0.05, 0.1) is 54.5 Å². The van der Waals surface area contributed by atoms with Gasteiger partial charge in [-0.1, -0.05) is 18.2 Å². The summed E-state index contributed by atoms with van der Waals surface area (Å²) >= 11 is 0. The molecule has 0 aliphatic heterocycles.